The van der Waals surface area contributed by atoms with Crippen molar-refractivity contribution in [3.05, 3.63) is 35.9 Å². The van der Waals surface area contributed by atoms with Crippen molar-refractivity contribution in [3.63, 3.8) is 0 Å². The Morgan fingerprint density at radius 3 is 2.17 bits per heavy atom. The molecule has 2 rings (SSSR count). The lowest BCUT2D eigenvalue weighted by atomic mass is 9.83. The Hall–Kier alpha value is -1.11. The lowest BCUT2D eigenvalue weighted by Gasteiger charge is -2.26. The third-order valence-electron chi connectivity index (χ3n) is 3.52. The van der Waals surface area contributed by atoms with E-state index in [1.807, 2.05) is 0 Å². The zero-order valence-electron chi connectivity index (χ0n) is 11.9. The van der Waals surface area contributed by atoms with Crippen LogP contribution in [0.4, 0.5) is 0 Å². The van der Waals surface area contributed by atoms with Crippen LogP contribution in [-0.4, -0.2) is 11.3 Å². The van der Waals surface area contributed by atoms with Crippen LogP contribution in [0.15, 0.2) is 35.3 Å². The normalized spacial score (nSPS) is 18.9. The van der Waals surface area contributed by atoms with E-state index in [9.17, 15) is 0 Å². The standard InChI is InChI=1S/C17H25N/c1-17(2,3)18-16(14-10-6-4-7-11-14)15-12-8-5-9-13-15/h4,6-7,10-11,15H,5,8-9,12-13H2,1-3H3. The van der Waals surface area contributed by atoms with Crippen molar-refractivity contribution < 1.29 is 0 Å². The summed E-state index contributed by atoms with van der Waals surface area (Å²) in [4.78, 5) is 5.02. The van der Waals surface area contributed by atoms with E-state index >= 15 is 0 Å². The summed E-state index contributed by atoms with van der Waals surface area (Å²) in [6.07, 6.45) is 6.74. The Balaban J connectivity index is 2.31. The summed E-state index contributed by atoms with van der Waals surface area (Å²) in [6, 6.07) is 10.7. The maximum atomic E-state index is 5.02. The molecule has 0 unspecified atom stereocenters. The lowest BCUT2D eigenvalue weighted by Crippen LogP contribution is -2.23. The van der Waals surface area contributed by atoms with Gasteiger partial charge in [-0.3, -0.25) is 4.99 Å². The maximum absolute atomic E-state index is 5.02. The number of aliphatic imine (C=N–C) groups is 1. The van der Waals surface area contributed by atoms with Gasteiger partial charge in [0.15, 0.2) is 0 Å². The third-order valence-corrected chi connectivity index (χ3v) is 3.52. The Labute approximate surface area is 111 Å². The molecule has 1 saturated carbocycles. The number of rotatable bonds is 2. The van der Waals surface area contributed by atoms with Gasteiger partial charge in [0, 0.05) is 11.6 Å². The van der Waals surface area contributed by atoms with Crippen LogP contribution in [0.25, 0.3) is 0 Å². The topological polar surface area (TPSA) is 12.4 Å². The highest BCUT2D eigenvalue weighted by Gasteiger charge is 2.22. The molecule has 0 N–H and O–H groups in total. The molecule has 1 fully saturated rings. The van der Waals surface area contributed by atoms with E-state index in [0.717, 1.165) is 0 Å². The lowest BCUT2D eigenvalue weighted by molar-refractivity contribution is 0.435. The van der Waals surface area contributed by atoms with Crippen molar-refractivity contribution >= 4 is 5.71 Å². The number of hydrogen-bond donors (Lipinski definition) is 0. The monoisotopic (exact) mass is 243 g/mol. The summed E-state index contributed by atoms with van der Waals surface area (Å²) in [5.41, 5.74) is 2.67. The average Bonchev–Trinajstić information content (AvgIpc) is 2.37. The highest BCUT2D eigenvalue weighted by Crippen LogP contribution is 2.29. The zero-order chi connectivity index (χ0) is 13.0. The Morgan fingerprint density at radius 2 is 1.61 bits per heavy atom. The van der Waals surface area contributed by atoms with Gasteiger partial charge in [-0.15, -0.1) is 0 Å². The molecule has 0 saturated heterocycles. The molecule has 1 aliphatic rings. The van der Waals surface area contributed by atoms with Crippen molar-refractivity contribution in [3.8, 4) is 0 Å². The van der Waals surface area contributed by atoms with Crippen LogP contribution in [0, 0.1) is 5.92 Å². The molecule has 0 atom stereocenters. The molecule has 0 heterocycles. The van der Waals surface area contributed by atoms with Crippen LogP contribution < -0.4 is 0 Å². The van der Waals surface area contributed by atoms with Gasteiger partial charge in [0.05, 0.1) is 5.54 Å². The van der Waals surface area contributed by atoms with E-state index in [2.05, 4.69) is 51.1 Å². The predicted octanol–water partition coefficient (Wildman–Crippen LogP) is 4.85. The molecule has 1 aliphatic carbocycles. The van der Waals surface area contributed by atoms with Crippen molar-refractivity contribution in [2.75, 3.05) is 0 Å². The van der Waals surface area contributed by atoms with Gasteiger partial charge in [0.25, 0.3) is 0 Å². The minimum Gasteiger partial charge on any atom is -0.283 e. The third kappa shape index (κ3) is 3.69. The molecule has 1 heteroatoms. The molecule has 0 aliphatic heterocycles. The summed E-state index contributed by atoms with van der Waals surface area (Å²) >= 11 is 0. The van der Waals surface area contributed by atoms with Gasteiger partial charge >= 0.3 is 0 Å². The van der Waals surface area contributed by atoms with E-state index in [1.165, 1.54) is 43.4 Å². The van der Waals surface area contributed by atoms with E-state index in [0.29, 0.717) is 5.92 Å². The molecule has 0 radical (unpaired) electrons. The van der Waals surface area contributed by atoms with Crippen LogP contribution >= 0.6 is 0 Å². The first-order valence-corrected chi connectivity index (χ1v) is 7.21. The molecular formula is C17H25N. The molecule has 98 valence electrons. The molecule has 1 aromatic rings. The maximum Gasteiger partial charge on any atom is 0.0527 e. The second-order valence-corrected chi connectivity index (χ2v) is 6.37. The first kappa shape index (κ1) is 13.3. The van der Waals surface area contributed by atoms with Crippen molar-refractivity contribution in [1.82, 2.24) is 0 Å². The first-order valence-electron chi connectivity index (χ1n) is 7.21. The summed E-state index contributed by atoms with van der Waals surface area (Å²) in [5, 5.41) is 0. The molecule has 1 aromatic carbocycles. The predicted molar refractivity (Wildman–Crippen MR) is 79.3 cm³/mol. The van der Waals surface area contributed by atoms with E-state index in [-0.39, 0.29) is 5.54 Å². The average molecular weight is 243 g/mol. The highest BCUT2D eigenvalue weighted by atomic mass is 14.8. The fourth-order valence-corrected chi connectivity index (χ4v) is 2.74. The summed E-state index contributed by atoms with van der Waals surface area (Å²) in [5.74, 6) is 0.667. The second kappa shape index (κ2) is 5.69. The number of nitrogens with zero attached hydrogens (tertiary/aromatic N) is 1. The minimum absolute atomic E-state index is 0.0165. The van der Waals surface area contributed by atoms with Crippen molar-refractivity contribution in [2.45, 2.75) is 58.4 Å². The van der Waals surface area contributed by atoms with Crippen LogP contribution in [0.3, 0.4) is 0 Å². The molecule has 0 spiro atoms. The van der Waals surface area contributed by atoms with Gasteiger partial charge in [-0.2, -0.15) is 0 Å². The highest BCUT2D eigenvalue weighted by molar-refractivity contribution is 6.02. The Bertz CT molecular complexity index is 391. The molecular weight excluding hydrogens is 218 g/mol. The SMILES string of the molecule is CC(C)(C)N=C(c1ccccc1)C1CCCCC1. The number of hydrogen-bond acceptors (Lipinski definition) is 1. The van der Waals surface area contributed by atoms with E-state index in [1.54, 1.807) is 0 Å². The minimum atomic E-state index is 0.0165. The van der Waals surface area contributed by atoms with Gasteiger partial charge in [-0.05, 0) is 39.2 Å². The number of benzene rings is 1. The first-order chi connectivity index (χ1) is 8.56. The molecule has 0 aromatic heterocycles. The molecule has 0 bridgehead atoms. The Morgan fingerprint density at radius 1 is 1.00 bits per heavy atom. The van der Waals surface area contributed by atoms with Crippen LogP contribution in [0.5, 0.6) is 0 Å². The van der Waals surface area contributed by atoms with E-state index < -0.39 is 0 Å². The van der Waals surface area contributed by atoms with Crippen molar-refractivity contribution in [1.29, 1.82) is 0 Å². The second-order valence-electron chi connectivity index (χ2n) is 6.37. The van der Waals surface area contributed by atoms with Crippen LogP contribution in [0.2, 0.25) is 0 Å². The van der Waals surface area contributed by atoms with Crippen molar-refractivity contribution in [2.24, 2.45) is 10.9 Å². The summed E-state index contributed by atoms with van der Waals surface area (Å²) < 4.78 is 0. The summed E-state index contributed by atoms with van der Waals surface area (Å²) in [7, 11) is 0. The van der Waals surface area contributed by atoms with Gasteiger partial charge in [-0.1, -0.05) is 49.6 Å². The fourth-order valence-electron chi connectivity index (χ4n) is 2.74. The largest absolute Gasteiger partial charge is 0.283 e. The molecule has 1 nitrogen and oxygen atoms in total. The van der Waals surface area contributed by atoms with Gasteiger partial charge < -0.3 is 0 Å². The zero-order valence-corrected chi connectivity index (χ0v) is 11.9. The van der Waals surface area contributed by atoms with Gasteiger partial charge in [0.1, 0.15) is 0 Å². The quantitative estimate of drug-likeness (QED) is 0.658. The van der Waals surface area contributed by atoms with Gasteiger partial charge in [-0.25, -0.2) is 0 Å². The van der Waals surface area contributed by atoms with Crippen LogP contribution in [0.1, 0.15) is 58.4 Å². The fraction of sp³-hybridized carbons (Fsp3) is 0.588. The summed E-state index contributed by atoms with van der Waals surface area (Å²) in [6.45, 7) is 6.58. The molecule has 0 amide bonds. The Kier molecular flexibility index (Phi) is 4.21. The van der Waals surface area contributed by atoms with Gasteiger partial charge in [0.2, 0.25) is 0 Å². The smallest absolute Gasteiger partial charge is 0.0527 e. The van der Waals surface area contributed by atoms with Crippen LogP contribution in [-0.2, 0) is 0 Å². The molecule has 18 heavy (non-hydrogen) atoms. The van der Waals surface area contributed by atoms with E-state index in [4.69, 9.17) is 4.99 Å².